The van der Waals surface area contributed by atoms with E-state index in [4.69, 9.17) is 17.4 Å². The number of carbonyl (C=O) groups excluding carboxylic acids is 1. The smallest absolute Gasteiger partial charge is 0.344 e. The lowest BCUT2D eigenvalue weighted by Gasteiger charge is -2.32. The highest BCUT2D eigenvalue weighted by Gasteiger charge is 2.31. The van der Waals surface area contributed by atoms with E-state index in [0.717, 1.165) is 21.6 Å². The van der Waals surface area contributed by atoms with E-state index in [1.54, 1.807) is 0 Å². The number of ether oxygens (including phenoxy) is 1. The molecule has 2 nitrogen and oxygen atoms in total. The summed E-state index contributed by atoms with van der Waals surface area (Å²) in [5.41, 5.74) is 7.17. The Morgan fingerprint density at radius 1 is 0.737 bits per heavy atom. The Labute approximate surface area is 236 Å². The maximum Gasteiger partial charge on any atom is 0.344 e. The number of hydrogen-bond donors (Lipinski definition) is 1. The van der Waals surface area contributed by atoms with Crippen molar-refractivity contribution in [1.82, 2.24) is 0 Å². The molecule has 206 valence electrons. The van der Waals surface area contributed by atoms with Crippen LogP contribution in [0.2, 0.25) is 0 Å². The number of esters is 1. The summed E-state index contributed by atoms with van der Waals surface area (Å²) in [4.78, 5) is 15.3. The van der Waals surface area contributed by atoms with E-state index in [9.17, 15) is 4.79 Å². The first-order valence-electron chi connectivity index (χ1n) is 15.7. The van der Waals surface area contributed by atoms with Gasteiger partial charge in [0.25, 0.3) is 0 Å². The van der Waals surface area contributed by atoms with Crippen LogP contribution >= 0.6 is 12.6 Å². The fourth-order valence-electron chi connectivity index (χ4n) is 7.50. The van der Waals surface area contributed by atoms with E-state index >= 15 is 0 Å². The Balaban J connectivity index is 1.60. The molecule has 0 radical (unpaired) electrons. The molecule has 3 fully saturated rings. The Kier molecular flexibility index (Phi) is 9.24. The maximum absolute atomic E-state index is 14.3. The van der Waals surface area contributed by atoms with Crippen molar-refractivity contribution in [1.29, 1.82) is 0 Å². The van der Waals surface area contributed by atoms with Crippen molar-refractivity contribution < 1.29 is 9.53 Å². The van der Waals surface area contributed by atoms with Crippen LogP contribution in [0.25, 0.3) is 0 Å². The molecular weight excluding hydrogens is 484 g/mol. The number of hydrogen-bond acceptors (Lipinski definition) is 3. The summed E-state index contributed by atoms with van der Waals surface area (Å²) in [6.45, 7) is 6.37. The summed E-state index contributed by atoms with van der Waals surface area (Å²) >= 11 is 4.71. The van der Waals surface area contributed by atoms with Crippen molar-refractivity contribution in [3.8, 4) is 5.75 Å². The third kappa shape index (κ3) is 6.19. The first kappa shape index (κ1) is 27.8. The highest BCUT2D eigenvalue weighted by atomic mass is 32.1. The largest absolute Gasteiger partial charge is 0.423 e. The zero-order valence-corrected chi connectivity index (χ0v) is 24.9. The maximum atomic E-state index is 14.3. The second kappa shape index (κ2) is 12.6. The highest BCUT2D eigenvalue weighted by molar-refractivity contribution is 7.80. The van der Waals surface area contributed by atoms with Crippen molar-refractivity contribution >= 4 is 18.6 Å². The van der Waals surface area contributed by atoms with E-state index in [1.807, 2.05) is 6.92 Å². The molecule has 0 amide bonds. The molecule has 0 aromatic heterocycles. The molecule has 3 aliphatic carbocycles. The quantitative estimate of drug-likeness (QED) is 0.227. The fraction of sp³-hybridized carbons (Fsp3) is 0.629. The number of carbonyl (C=O) groups is 1. The predicted octanol–water partition coefficient (Wildman–Crippen LogP) is 10.8. The van der Waals surface area contributed by atoms with Crippen molar-refractivity contribution in [3.05, 3.63) is 57.6 Å². The molecule has 0 unspecified atom stereocenters. The Bertz CT molecular complexity index is 1080. The van der Waals surface area contributed by atoms with Gasteiger partial charge in [0.05, 0.1) is 5.56 Å². The zero-order valence-electron chi connectivity index (χ0n) is 24.0. The second-order valence-electron chi connectivity index (χ2n) is 12.8. The molecule has 2 aromatic rings. The molecule has 5 rings (SSSR count). The minimum absolute atomic E-state index is 0.133. The third-order valence-corrected chi connectivity index (χ3v) is 10.1. The normalized spacial score (nSPS) is 20.1. The lowest BCUT2D eigenvalue weighted by molar-refractivity contribution is 0.0729. The van der Waals surface area contributed by atoms with Gasteiger partial charge in [-0.3, -0.25) is 0 Å². The van der Waals surface area contributed by atoms with Gasteiger partial charge in [0.1, 0.15) is 5.75 Å². The SMILES string of the molecule is Cc1cc(S)c(C(C)C)cc1OC(=O)c1c(C2CCCCC2)cc(C2CCCCC2)cc1C1CCCCC1. The summed E-state index contributed by atoms with van der Waals surface area (Å²) in [7, 11) is 0. The summed E-state index contributed by atoms with van der Waals surface area (Å²) in [5, 5.41) is 0. The van der Waals surface area contributed by atoms with Gasteiger partial charge in [-0.05, 0) is 109 Å². The van der Waals surface area contributed by atoms with E-state index in [-0.39, 0.29) is 5.97 Å². The minimum Gasteiger partial charge on any atom is -0.423 e. The highest BCUT2D eigenvalue weighted by Crippen LogP contribution is 2.44. The third-order valence-electron chi connectivity index (χ3n) is 9.74. The summed E-state index contributed by atoms with van der Waals surface area (Å²) in [6.07, 6.45) is 19.2. The Morgan fingerprint density at radius 2 is 1.21 bits per heavy atom. The molecule has 0 atom stereocenters. The van der Waals surface area contributed by atoms with Gasteiger partial charge in [-0.2, -0.15) is 0 Å². The van der Waals surface area contributed by atoms with E-state index in [1.165, 1.54) is 113 Å². The molecule has 0 spiro atoms. The van der Waals surface area contributed by atoms with Crippen LogP contribution in [-0.4, -0.2) is 5.97 Å². The van der Waals surface area contributed by atoms with Crippen LogP contribution in [0, 0.1) is 6.92 Å². The number of benzene rings is 2. The van der Waals surface area contributed by atoms with Gasteiger partial charge < -0.3 is 4.74 Å². The lowest BCUT2D eigenvalue weighted by Crippen LogP contribution is -2.21. The predicted molar refractivity (Wildman–Crippen MR) is 161 cm³/mol. The number of thiol groups is 1. The zero-order chi connectivity index (χ0) is 26.6. The van der Waals surface area contributed by atoms with Crippen molar-refractivity contribution in [2.45, 2.75) is 146 Å². The standard InChI is InChI=1S/C35H48O2S/c1-23(2)29-22-32(24(3)19-33(29)38)37-35(36)34-30(26-15-9-5-10-16-26)20-28(25-13-7-4-8-14-25)21-31(34)27-17-11-6-12-18-27/h19-23,25-27,38H,4-18H2,1-3H3. The molecular formula is C35H48O2S. The molecule has 3 saturated carbocycles. The van der Waals surface area contributed by atoms with Crippen molar-refractivity contribution in [3.63, 3.8) is 0 Å². The molecule has 0 N–H and O–H groups in total. The Morgan fingerprint density at radius 3 is 1.68 bits per heavy atom. The molecule has 3 heteroatoms. The van der Waals surface area contributed by atoms with Crippen LogP contribution in [-0.2, 0) is 0 Å². The second-order valence-corrected chi connectivity index (χ2v) is 13.3. The number of aryl methyl sites for hydroxylation is 1. The minimum atomic E-state index is -0.133. The van der Waals surface area contributed by atoms with Gasteiger partial charge in [0, 0.05) is 4.90 Å². The van der Waals surface area contributed by atoms with Crippen molar-refractivity contribution in [2.75, 3.05) is 0 Å². The molecule has 38 heavy (non-hydrogen) atoms. The van der Waals surface area contributed by atoms with E-state index in [2.05, 4.69) is 38.1 Å². The van der Waals surface area contributed by atoms with Crippen LogP contribution < -0.4 is 4.74 Å². The van der Waals surface area contributed by atoms with Gasteiger partial charge in [-0.25, -0.2) is 4.79 Å². The summed E-state index contributed by atoms with van der Waals surface area (Å²) in [5.74, 6) is 2.49. The van der Waals surface area contributed by atoms with Gasteiger partial charge in [0.2, 0.25) is 0 Å². The van der Waals surface area contributed by atoms with Crippen LogP contribution in [0.4, 0.5) is 0 Å². The molecule has 0 saturated heterocycles. The molecule has 3 aliphatic rings. The lowest BCUT2D eigenvalue weighted by atomic mass is 9.73. The Hall–Kier alpha value is -1.74. The topological polar surface area (TPSA) is 26.3 Å². The summed E-state index contributed by atoms with van der Waals surface area (Å²) in [6, 6.07) is 9.05. The van der Waals surface area contributed by atoms with Crippen LogP contribution in [0.1, 0.15) is 172 Å². The summed E-state index contributed by atoms with van der Waals surface area (Å²) < 4.78 is 6.35. The molecule has 2 aromatic carbocycles. The molecule has 0 bridgehead atoms. The van der Waals surface area contributed by atoms with Crippen LogP contribution in [0.15, 0.2) is 29.2 Å². The van der Waals surface area contributed by atoms with Gasteiger partial charge in [-0.1, -0.05) is 83.8 Å². The average Bonchev–Trinajstić information content (AvgIpc) is 2.95. The van der Waals surface area contributed by atoms with E-state index in [0.29, 0.717) is 29.4 Å². The molecule has 0 heterocycles. The van der Waals surface area contributed by atoms with Crippen molar-refractivity contribution in [2.24, 2.45) is 0 Å². The fourth-order valence-corrected chi connectivity index (χ4v) is 8.02. The first-order chi connectivity index (χ1) is 18.4. The van der Waals surface area contributed by atoms with E-state index < -0.39 is 0 Å². The van der Waals surface area contributed by atoms with Crippen LogP contribution in [0.5, 0.6) is 5.75 Å². The number of rotatable bonds is 6. The monoisotopic (exact) mass is 532 g/mol. The van der Waals surface area contributed by atoms with Crippen LogP contribution in [0.3, 0.4) is 0 Å². The van der Waals surface area contributed by atoms with Gasteiger partial charge >= 0.3 is 5.97 Å². The first-order valence-corrected chi connectivity index (χ1v) is 16.1. The van der Waals surface area contributed by atoms with Gasteiger partial charge in [0.15, 0.2) is 0 Å². The average molecular weight is 533 g/mol. The van der Waals surface area contributed by atoms with Gasteiger partial charge in [-0.15, -0.1) is 12.6 Å². The molecule has 0 aliphatic heterocycles.